The van der Waals surface area contributed by atoms with Crippen molar-refractivity contribution >= 4 is 35.3 Å². The number of rotatable bonds is 8. The number of benzene rings is 2. The minimum Gasteiger partial charge on any atom is -0.466 e. The third-order valence-corrected chi connectivity index (χ3v) is 5.56. The van der Waals surface area contributed by atoms with E-state index in [4.69, 9.17) is 15.2 Å². The van der Waals surface area contributed by atoms with Gasteiger partial charge in [-0.2, -0.15) is 4.99 Å². The van der Waals surface area contributed by atoms with Crippen LogP contribution in [0.2, 0.25) is 0 Å². The first-order valence-corrected chi connectivity index (χ1v) is 11.6. The highest BCUT2D eigenvalue weighted by Gasteiger charge is 2.29. The Morgan fingerprint density at radius 1 is 1.06 bits per heavy atom. The molecule has 0 aromatic heterocycles. The predicted octanol–water partition coefficient (Wildman–Crippen LogP) is 3.89. The molecule has 9 heteroatoms. The molecule has 1 atom stereocenters. The lowest BCUT2D eigenvalue weighted by Crippen LogP contribution is -2.26. The van der Waals surface area contributed by atoms with E-state index >= 15 is 0 Å². The first kappa shape index (κ1) is 25.6. The minimum atomic E-state index is -0.760. The molecule has 3 rings (SSSR count). The number of aliphatic imine (C=N–C) groups is 1. The molecule has 0 bridgehead atoms. The van der Waals surface area contributed by atoms with Gasteiger partial charge in [-0.25, -0.2) is 4.79 Å². The van der Waals surface area contributed by atoms with Crippen LogP contribution in [-0.2, 0) is 20.7 Å². The largest absolute Gasteiger partial charge is 0.466 e. The van der Waals surface area contributed by atoms with Crippen molar-refractivity contribution in [3.05, 3.63) is 64.7 Å². The number of nitrogens with one attached hydrogen (secondary N) is 1. The van der Waals surface area contributed by atoms with Gasteiger partial charge in [0.25, 0.3) is 5.91 Å². The Kier molecular flexibility index (Phi) is 8.72. The van der Waals surface area contributed by atoms with Gasteiger partial charge >= 0.3 is 12.1 Å². The number of hydrogen-bond acceptors (Lipinski definition) is 6. The molecule has 2 aromatic carbocycles. The van der Waals surface area contributed by atoms with E-state index in [-0.39, 0.29) is 49.0 Å². The van der Waals surface area contributed by atoms with Gasteiger partial charge in [0.15, 0.2) is 5.78 Å². The number of aryl methyl sites for hydroxylation is 1. The van der Waals surface area contributed by atoms with Gasteiger partial charge in [0, 0.05) is 28.3 Å². The zero-order valence-electron chi connectivity index (χ0n) is 19.8. The van der Waals surface area contributed by atoms with Crippen LogP contribution in [0, 0.1) is 5.92 Å². The molecular weight excluding hydrogens is 450 g/mol. The molecule has 0 spiro atoms. The van der Waals surface area contributed by atoms with Gasteiger partial charge in [0.1, 0.15) is 5.84 Å². The quantitative estimate of drug-likeness (QED) is 0.333. The lowest BCUT2D eigenvalue weighted by Gasteiger charge is -2.23. The van der Waals surface area contributed by atoms with Gasteiger partial charge in [0.05, 0.1) is 19.6 Å². The van der Waals surface area contributed by atoms with Crippen LogP contribution in [0.4, 0.5) is 10.5 Å². The predicted molar refractivity (Wildman–Crippen MR) is 131 cm³/mol. The number of ketones is 1. The molecule has 35 heavy (non-hydrogen) atoms. The van der Waals surface area contributed by atoms with Gasteiger partial charge < -0.3 is 20.5 Å². The van der Waals surface area contributed by atoms with Gasteiger partial charge in [-0.1, -0.05) is 19.1 Å². The van der Waals surface area contributed by atoms with Crippen molar-refractivity contribution in [1.82, 2.24) is 0 Å². The number of fused-ring (bicyclic) bond motifs is 1. The fourth-order valence-electron chi connectivity index (χ4n) is 3.80. The summed E-state index contributed by atoms with van der Waals surface area (Å²) < 4.78 is 9.84. The van der Waals surface area contributed by atoms with Crippen molar-refractivity contribution in [1.29, 1.82) is 0 Å². The lowest BCUT2D eigenvalue weighted by molar-refractivity contribution is -0.144. The van der Waals surface area contributed by atoms with Crippen molar-refractivity contribution in [2.75, 3.05) is 18.5 Å². The summed E-state index contributed by atoms with van der Waals surface area (Å²) in [4.78, 5) is 52.5. The fraction of sp³-hybridized carbons (Fsp3) is 0.346. The summed E-state index contributed by atoms with van der Waals surface area (Å²) in [6, 6.07) is 11.5. The number of carbonyl (C=O) groups excluding carboxylic acids is 4. The maximum atomic E-state index is 12.8. The second-order valence-electron chi connectivity index (χ2n) is 8.12. The second-order valence-corrected chi connectivity index (χ2v) is 8.12. The molecule has 0 saturated carbocycles. The number of carbonyl (C=O) groups is 4. The SMILES string of the molecule is CCCOC(=O)/N=C(\N)c1ccc(C(=O)Nc2ccc3c(c2)CCC(CC(=O)OCC)C3=O)cc1. The highest BCUT2D eigenvalue weighted by molar-refractivity contribution is 6.07. The smallest absolute Gasteiger partial charge is 0.435 e. The molecule has 0 fully saturated rings. The molecule has 184 valence electrons. The molecule has 0 radical (unpaired) electrons. The second kappa shape index (κ2) is 11.9. The van der Waals surface area contributed by atoms with Crippen LogP contribution >= 0.6 is 0 Å². The molecule has 0 saturated heterocycles. The highest BCUT2D eigenvalue weighted by Crippen LogP contribution is 2.30. The number of ether oxygens (including phenoxy) is 2. The number of amides is 2. The molecule has 0 aliphatic heterocycles. The van der Waals surface area contributed by atoms with Gasteiger partial charge in [-0.15, -0.1) is 0 Å². The first-order chi connectivity index (χ1) is 16.8. The third-order valence-electron chi connectivity index (χ3n) is 5.56. The van der Waals surface area contributed by atoms with Crippen molar-refractivity contribution in [2.24, 2.45) is 16.6 Å². The Hall–Kier alpha value is -4.01. The van der Waals surface area contributed by atoms with Gasteiger partial charge in [0.2, 0.25) is 0 Å². The molecule has 9 nitrogen and oxygen atoms in total. The summed E-state index contributed by atoms with van der Waals surface area (Å²) in [6.07, 6.45) is 1.18. The molecule has 1 aliphatic carbocycles. The molecule has 2 aromatic rings. The molecule has 2 amide bonds. The summed E-state index contributed by atoms with van der Waals surface area (Å²) in [6.45, 7) is 4.16. The van der Waals surface area contributed by atoms with Gasteiger partial charge in [-0.05, 0) is 62.1 Å². The van der Waals surface area contributed by atoms with Crippen LogP contribution in [0.5, 0.6) is 0 Å². The lowest BCUT2D eigenvalue weighted by atomic mass is 9.81. The molecule has 1 unspecified atom stereocenters. The normalized spacial score (nSPS) is 15.2. The van der Waals surface area contributed by atoms with E-state index in [1.807, 2.05) is 6.92 Å². The summed E-state index contributed by atoms with van der Waals surface area (Å²) in [7, 11) is 0. The summed E-state index contributed by atoms with van der Waals surface area (Å²) >= 11 is 0. The van der Waals surface area contributed by atoms with Crippen LogP contribution in [0.1, 0.15) is 65.0 Å². The number of nitrogens with zero attached hydrogens (tertiary/aromatic N) is 1. The highest BCUT2D eigenvalue weighted by atomic mass is 16.5. The van der Waals surface area contributed by atoms with E-state index in [0.717, 1.165) is 5.56 Å². The average Bonchev–Trinajstić information content (AvgIpc) is 2.84. The zero-order chi connectivity index (χ0) is 25.4. The van der Waals surface area contributed by atoms with Crippen molar-refractivity contribution in [2.45, 2.75) is 39.5 Å². The first-order valence-electron chi connectivity index (χ1n) is 11.6. The standard InChI is InChI=1S/C26H29N3O6/c1-3-13-35-26(33)29-24(27)16-5-7-17(8-6-16)25(32)28-20-11-12-21-18(14-20)9-10-19(23(21)31)15-22(30)34-4-2/h5-8,11-12,14,19H,3-4,9-10,13,15H2,1-2H3,(H,28,32)(H2,27,29,33). The summed E-state index contributed by atoms with van der Waals surface area (Å²) in [5.74, 6) is -1.17. The number of nitrogens with two attached hydrogens (primary N) is 1. The third kappa shape index (κ3) is 6.75. The van der Waals surface area contributed by atoms with E-state index in [9.17, 15) is 19.2 Å². The molecule has 0 heterocycles. The Morgan fingerprint density at radius 2 is 1.77 bits per heavy atom. The number of esters is 1. The van der Waals surface area contributed by atoms with Crippen LogP contribution in [-0.4, -0.2) is 42.8 Å². The Bertz CT molecular complexity index is 1140. The number of amidine groups is 1. The van der Waals surface area contributed by atoms with E-state index < -0.39 is 6.09 Å². The topological polar surface area (TPSA) is 137 Å². The van der Waals surface area contributed by atoms with Crippen LogP contribution in [0.25, 0.3) is 0 Å². The van der Waals surface area contributed by atoms with Crippen molar-refractivity contribution in [3.8, 4) is 0 Å². The maximum absolute atomic E-state index is 12.8. The number of anilines is 1. The van der Waals surface area contributed by atoms with E-state index in [2.05, 4.69) is 10.3 Å². The van der Waals surface area contributed by atoms with E-state index in [1.165, 1.54) is 0 Å². The van der Waals surface area contributed by atoms with Crippen molar-refractivity contribution < 1.29 is 28.7 Å². The van der Waals surface area contributed by atoms with E-state index in [0.29, 0.717) is 41.6 Å². The maximum Gasteiger partial charge on any atom is 0.435 e. The number of Topliss-reactive ketones (excluding diaryl/α,β-unsaturated/α-hetero) is 1. The van der Waals surface area contributed by atoms with Gasteiger partial charge in [-0.3, -0.25) is 14.4 Å². The monoisotopic (exact) mass is 479 g/mol. The molecule has 3 N–H and O–H groups in total. The Labute approximate surface area is 203 Å². The van der Waals surface area contributed by atoms with E-state index in [1.54, 1.807) is 49.4 Å². The number of hydrogen-bond donors (Lipinski definition) is 2. The molecule has 1 aliphatic rings. The Balaban J connectivity index is 1.64. The summed E-state index contributed by atoms with van der Waals surface area (Å²) in [5, 5.41) is 2.83. The summed E-state index contributed by atoms with van der Waals surface area (Å²) in [5.41, 5.74) is 8.68. The van der Waals surface area contributed by atoms with Crippen LogP contribution in [0.3, 0.4) is 0 Å². The Morgan fingerprint density at radius 3 is 2.46 bits per heavy atom. The minimum absolute atomic E-state index is 0.00123. The van der Waals surface area contributed by atoms with Crippen LogP contribution < -0.4 is 11.1 Å². The molecular formula is C26H29N3O6. The van der Waals surface area contributed by atoms with Crippen molar-refractivity contribution in [3.63, 3.8) is 0 Å². The fourth-order valence-corrected chi connectivity index (χ4v) is 3.80. The average molecular weight is 480 g/mol. The van der Waals surface area contributed by atoms with Crippen LogP contribution in [0.15, 0.2) is 47.5 Å². The zero-order valence-corrected chi connectivity index (χ0v) is 19.8.